The summed E-state index contributed by atoms with van der Waals surface area (Å²) in [6, 6.07) is 21.2. The molecule has 0 bridgehead atoms. The van der Waals surface area contributed by atoms with Gasteiger partial charge in [0.1, 0.15) is 11.9 Å². The summed E-state index contributed by atoms with van der Waals surface area (Å²) in [6.45, 7) is 1.61. The normalized spacial score (nSPS) is 11.9. The molecule has 1 N–H and O–H groups in total. The first kappa shape index (κ1) is 18.6. The number of benzene rings is 3. The highest BCUT2D eigenvalue weighted by Gasteiger charge is 2.19. The number of aromatic nitrogens is 2. The molecule has 0 saturated carbocycles. The molecular weight excluding hydrogens is 369 g/mol. The Kier molecular flexibility index (Phi) is 4.91. The molecule has 0 aliphatic heterocycles. The minimum atomic E-state index is -0.832. The molecule has 1 heterocycles. The van der Waals surface area contributed by atoms with Gasteiger partial charge in [-0.15, -0.1) is 0 Å². The highest BCUT2D eigenvalue weighted by Crippen LogP contribution is 2.24. The molecule has 0 aliphatic carbocycles. The third-order valence-corrected chi connectivity index (χ3v) is 4.76. The van der Waals surface area contributed by atoms with E-state index in [1.54, 1.807) is 25.1 Å². The van der Waals surface area contributed by atoms with Crippen molar-refractivity contribution in [2.45, 2.75) is 13.0 Å². The number of fused-ring (bicyclic) bond motifs is 1. The quantitative estimate of drug-likeness (QED) is 0.564. The molecule has 1 aromatic heterocycles. The Morgan fingerprint density at radius 2 is 1.69 bits per heavy atom. The second-order valence-electron chi connectivity index (χ2n) is 6.70. The smallest absolute Gasteiger partial charge is 0.267 e. The zero-order valence-corrected chi connectivity index (χ0v) is 15.7. The SMILES string of the molecule is CC(C(=O)Nc1cccc2ccccc12)n1nc(-c2ccc(F)cc2)ccc1=O. The van der Waals surface area contributed by atoms with E-state index < -0.39 is 11.6 Å². The van der Waals surface area contributed by atoms with Gasteiger partial charge in [0.15, 0.2) is 0 Å². The van der Waals surface area contributed by atoms with Crippen molar-refractivity contribution in [1.29, 1.82) is 0 Å². The van der Waals surface area contributed by atoms with E-state index in [4.69, 9.17) is 0 Å². The largest absolute Gasteiger partial charge is 0.324 e. The van der Waals surface area contributed by atoms with Gasteiger partial charge in [0.05, 0.1) is 5.69 Å². The van der Waals surface area contributed by atoms with E-state index in [-0.39, 0.29) is 11.7 Å². The molecule has 3 aromatic carbocycles. The van der Waals surface area contributed by atoms with E-state index in [1.807, 2.05) is 42.5 Å². The standard InChI is InChI=1S/C23H18FN3O2/c1-15(23(29)25-21-8-4-6-16-5-2-3-7-19(16)21)27-22(28)14-13-20(26-27)17-9-11-18(24)12-10-17/h2-15H,1H3,(H,25,29). The number of amides is 1. The first-order valence-electron chi connectivity index (χ1n) is 9.17. The summed E-state index contributed by atoms with van der Waals surface area (Å²) >= 11 is 0. The molecule has 29 heavy (non-hydrogen) atoms. The van der Waals surface area contributed by atoms with Gasteiger partial charge in [0, 0.05) is 22.7 Å². The zero-order chi connectivity index (χ0) is 20.4. The van der Waals surface area contributed by atoms with E-state index in [2.05, 4.69) is 10.4 Å². The van der Waals surface area contributed by atoms with Crippen LogP contribution in [0.25, 0.3) is 22.0 Å². The highest BCUT2D eigenvalue weighted by atomic mass is 19.1. The topological polar surface area (TPSA) is 64.0 Å². The summed E-state index contributed by atoms with van der Waals surface area (Å²) in [4.78, 5) is 25.2. The Labute approximate surface area is 166 Å². The average molecular weight is 387 g/mol. The van der Waals surface area contributed by atoms with Crippen LogP contribution in [0.1, 0.15) is 13.0 Å². The summed E-state index contributed by atoms with van der Waals surface area (Å²) in [5, 5.41) is 9.13. The van der Waals surface area contributed by atoms with E-state index in [0.29, 0.717) is 16.9 Å². The number of rotatable bonds is 4. The Balaban J connectivity index is 1.64. The Bertz CT molecular complexity index is 1240. The van der Waals surface area contributed by atoms with Crippen molar-refractivity contribution in [2.24, 2.45) is 0 Å². The van der Waals surface area contributed by atoms with Crippen LogP contribution in [0.4, 0.5) is 10.1 Å². The average Bonchev–Trinajstić information content (AvgIpc) is 2.74. The maximum absolute atomic E-state index is 13.2. The fourth-order valence-electron chi connectivity index (χ4n) is 3.16. The zero-order valence-electron chi connectivity index (χ0n) is 15.7. The first-order valence-corrected chi connectivity index (χ1v) is 9.17. The third-order valence-electron chi connectivity index (χ3n) is 4.76. The lowest BCUT2D eigenvalue weighted by Crippen LogP contribution is -2.33. The molecule has 4 aromatic rings. The number of hydrogen-bond acceptors (Lipinski definition) is 3. The van der Waals surface area contributed by atoms with Crippen molar-refractivity contribution in [2.75, 3.05) is 5.32 Å². The number of hydrogen-bond donors (Lipinski definition) is 1. The minimum absolute atomic E-state index is 0.354. The molecule has 0 saturated heterocycles. The van der Waals surface area contributed by atoms with Crippen LogP contribution in [0, 0.1) is 5.82 Å². The van der Waals surface area contributed by atoms with Gasteiger partial charge in [-0.25, -0.2) is 9.07 Å². The van der Waals surface area contributed by atoms with Crippen LogP contribution in [-0.2, 0) is 4.79 Å². The Morgan fingerprint density at radius 1 is 0.966 bits per heavy atom. The maximum Gasteiger partial charge on any atom is 0.267 e. The van der Waals surface area contributed by atoms with Gasteiger partial charge in [0.2, 0.25) is 5.91 Å². The number of carbonyl (C=O) groups is 1. The summed E-state index contributed by atoms with van der Waals surface area (Å²) < 4.78 is 14.3. The lowest BCUT2D eigenvalue weighted by atomic mass is 10.1. The van der Waals surface area contributed by atoms with Crippen molar-refractivity contribution in [3.63, 3.8) is 0 Å². The molecule has 5 nitrogen and oxygen atoms in total. The van der Waals surface area contributed by atoms with E-state index in [0.717, 1.165) is 15.5 Å². The lowest BCUT2D eigenvalue weighted by Gasteiger charge is -2.16. The van der Waals surface area contributed by atoms with Gasteiger partial charge in [0.25, 0.3) is 5.56 Å². The Hall–Kier alpha value is -3.80. The molecule has 1 atom stereocenters. The minimum Gasteiger partial charge on any atom is -0.324 e. The van der Waals surface area contributed by atoms with Gasteiger partial charge in [-0.3, -0.25) is 9.59 Å². The Morgan fingerprint density at radius 3 is 2.48 bits per heavy atom. The lowest BCUT2D eigenvalue weighted by molar-refractivity contribution is -0.119. The molecule has 0 radical (unpaired) electrons. The van der Waals surface area contributed by atoms with Crippen molar-refractivity contribution < 1.29 is 9.18 Å². The summed E-state index contributed by atoms with van der Waals surface area (Å²) in [5.74, 6) is -0.711. The summed E-state index contributed by atoms with van der Waals surface area (Å²) in [6.07, 6.45) is 0. The second kappa shape index (κ2) is 7.67. The molecule has 1 unspecified atom stereocenters. The van der Waals surface area contributed by atoms with Crippen molar-refractivity contribution in [3.05, 3.63) is 95.0 Å². The van der Waals surface area contributed by atoms with Gasteiger partial charge in [-0.2, -0.15) is 5.10 Å². The predicted molar refractivity (Wildman–Crippen MR) is 111 cm³/mol. The van der Waals surface area contributed by atoms with Crippen LogP contribution in [0.3, 0.4) is 0 Å². The van der Waals surface area contributed by atoms with Crippen molar-refractivity contribution in [1.82, 2.24) is 9.78 Å². The van der Waals surface area contributed by atoms with Gasteiger partial charge in [-0.1, -0.05) is 36.4 Å². The molecule has 0 fully saturated rings. The van der Waals surface area contributed by atoms with Gasteiger partial charge in [-0.05, 0) is 48.7 Å². The van der Waals surface area contributed by atoms with Crippen LogP contribution in [0.5, 0.6) is 0 Å². The summed E-state index contributed by atoms with van der Waals surface area (Å²) in [5.41, 5.74) is 1.41. The number of halogens is 1. The third kappa shape index (κ3) is 3.78. The fourth-order valence-corrected chi connectivity index (χ4v) is 3.16. The van der Waals surface area contributed by atoms with Gasteiger partial charge >= 0.3 is 0 Å². The van der Waals surface area contributed by atoms with Gasteiger partial charge < -0.3 is 5.32 Å². The molecule has 4 rings (SSSR count). The van der Waals surface area contributed by atoms with Crippen LogP contribution in [-0.4, -0.2) is 15.7 Å². The number of anilines is 1. The van der Waals surface area contributed by atoms with E-state index in [9.17, 15) is 14.0 Å². The molecule has 0 aliphatic rings. The number of carbonyl (C=O) groups excluding carboxylic acids is 1. The highest BCUT2D eigenvalue weighted by molar-refractivity contribution is 6.03. The van der Waals surface area contributed by atoms with Crippen LogP contribution >= 0.6 is 0 Å². The number of nitrogens with zero attached hydrogens (tertiary/aromatic N) is 2. The maximum atomic E-state index is 13.2. The van der Waals surface area contributed by atoms with Crippen molar-refractivity contribution >= 4 is 22.4 Å². The summed E-state index contributed by atoms with van der Waals surface area (Å²) in [7, 11) is 0. The molecule has 144 valence electrons. The monoisotopic (exact) mass is 387 g/mol. The fraction of sp³-hybridized carbons (Fsp3) is 0.0870. The van der Waals surface area contributed by atoms with E-state index >= 15 is 0 Å². The van der Waals surface area contributed by atoms with Crippen molar-refractivity contribution in [3.8, 4) is 11.3 Å². The molecule has 0 spiro atoms. The van der Waals surface area contributed by atoms with Crippen LogP contribution in [0.2, 0.25) is 0 Å². The molecule has 6 heteroatoms. The second-order valence-corrected chi connectivity index (χ2v) is 6.70. The predicted octanol–water partition coefficient (Wildman–Crippen LogP) is 4.40. The van der Waals surface area contributed by atoms with Crippen LogP contribution in [0.15, 0.2) is 83.7 Å². The molecule has 1 amide bonds. The van der Waals surface area contributed by atoms with E-state index in [1.165, 1.54) is 18.2 Å². The molecular formula is C23H18FN3O2. The first-order chi connectivity index (χ1) is 14.0. The van der Waals surface area contributed by atoms with Crippen LogP contribution < -0.4 is 10.9 Å². The number of nitrogens with one attached hydrogen (secondary N) is 1.